The van der Waals surface area contributed by atoms with E-state index in [0.29, 0.717) is 6.54 Å². The van der Waals surface area contributed by atoms with E-state index in [9.17, 15) is 0 Å². The van der Waals surface area contributed by atoms with Gasteiger partial charge < -0.3 is 10.2 Å². The first-order chi connectivity index (χ1) is 7.90. The van der Waals surface area contributed by atoms with Crippen LogP contribution in [0.25, 0.3) is 0 Å². The molecule has 2 fully saturated rings. The highest BCUT2D eigenvalue weighted by Crippen LogP contribution is 2.35. The molecule has 1 heterocycles. The summed E-state index contributed by atoms with van der Waals surface area (Å²) < 4.78 is 0. The highest BCUT2D eigenvalue weighted by Gasteiger charge is 2.30. The standard InChI is InChI=1S/C14H24N2/c1-2-8-15-9-11-16-10-7-13-5-3-4-6-14(13)12-16/h1,13-15H,3-12H2. The van der Waals surface area contributed by atoms with Crippen molar-refractivity contribution in [3.05, 3.63) is 0 Å². The summed E-state index contributed by atoms with van der Waals surface area (Å²) in [5, 5.41) is 3.28. The topological polar surface area (TPSA) is 15.3 Å². The van der Waals surface area contributed by atoms with Crippen LogP contribution >= 0.6 is 0 Å². The Morgan fingerprint density at radius 2 is 2.00 bits per heavy atom. The number of hydrogen-bond acceptors (Lipinski definition) is 2. The summed E-state index contributed by atoms with van der Waals surface area (Å²) in [5.74, 6) is 4.66. The molecule has 0 aromatic heterocycles. The summed E-state index contributed by atoms with van der Waals surface area (Å²) in [5.41, 5.74) is 0. The molecule has 90 valence electrons. The minimum absolute atomic E-state index is 0.708. The van der Waals surface area contributed by atoms with Gasteiger partial charge in [-0.05, 0) is 31.2 Å². The van der Waals surface area contributed by atoms with E-state index in [1.165, 1.54) is 51.7 Å². The fourth-order valence-electron chi connectivity index (χ4n) is 3.28. The fraction of sp³-hybridized carbons (Fsp3) is 0.857. The number of hydrogen-bond donors (Lipinski definition) is 1. The van der Waals surface area contributed by atoms with Gasteiger partial charge in [0.2, 0.25) is 0 Å². The second-order valence-electron chi connectivity index (χ2n) is 5.27. The molecule has 1 N–H and O–H groups in total. The van der Waals surface area contributed by atoms with Crippen molar-refractivity contribution in [3.63, 3.8) is 0 Å². The van der Waals surface area contributed by atoms with Gasteiger partial charge >= 0.3 is 0 Å². The maximum atomic E-state index is 5.21. The largest absolute Gasteiger partial charge is 0.305 e. The molecule has 2 heteroatoms. The van der Waals surface area contributed by atoms with Crippen LogP contribution < -0.4 is 5.32 Å². The Labute approximate surface area is 99.8 Å². The Balaban J connectivity index is 1.67. The molecule has 0 amide bonds. The molecule has 2 atom stereocenters. The van der Waals surface area contributed by atoms with E-state index < -0.39 is 0 Å². The van der Waals surface area contributed by atoms with Gasteiger partial charge in [-0.25, -0.2) is 0 Å². The Bertz CT molecular complexity index is 244. The molecule has 2 unspecified atom stereocenters. The molecule has 2 nitrogen and oxygen atoms in total. The van der Waals surface area contributed by atoms with Crippen molar-refractivity contribution in [2.45, 2.75) is 32.1 Å². The van der Waals surface area contributed by atoms with Gasteiger partial charge in [-0.15, -0.1) is 6.42 Å². The van der Waals surface area contributed by atoms with E-state index in [-0.39, 0.29) is 0 Å². The number of rotatable bonds is 4. The van der Waals surface area contributed by atoms with Crippen molar-refractivity contribution in [1.29, 1.82) is 0 Å². The van der Waals surface area contributed by atoms with Gasteiger partial charge in [0.15, 0.2) is 0 Å². The normalized spacial score (nSPS) is 30.7. The van der Waals surface area contributed by atoms with Crippen LogP contribution in [0.4, 0.5) is 0 Å². The lowest BCUT2D eigenvalue weighted by molar-refractivity contribution is 0.0878. The predicted molar refractivity (Wildman–Crippen MR) is 68.2 cm³/mol. The Morgan fingerprint density at radius 3 is 2.81 bits per heavy atom. The summed E-state index contributed by atoms with van der Waals surface area (Å²) in [4.78, 5) is 2.62. The number of fused-ring (bicyclic) bond motifs is 1. The van der Waals surface area contributed by atoms with Crippen LogP contribution in [0.3, 0.4) is 0 Å². The van der Waals surface area contributed by atoms with Crippen LogP contribution in [0.2, 0.25) is 0 Å². The third-order valence-corrected chi connectivity index (χ3v) is 4.21. The quantitative estimate of drug-likeness (QED) is 0.573. The number of piperidine rings is 1. The molecule has 0 bridgehead atoms. The third-order valence-electron chi connectivity index (χ3n) is 4.21. The van der Waals surface area contributed by atoms with Gasteiger partial charge in [-0.3, -0.25) is 0 Å². The Kier molecular flexibility index (Phi) is 4.69. The minimum Gasteiger partial charge on any atom is -0.305 e. The third kappa shape index (κ3) is 3.23. The van der Waals surface area contributed by atoms with Crippen LogP contribution in [0, 0.1) is 24.2 Å². The minimum atomic E-state index is 0.708. The van der Waals surface area contributed by atoms with Gasteiger partial charge in [-0.1, -0.05) is 25.2 Å². The summed E-state index contributed by atoms with van der Waals surface area (Å²) in [6, 6.07) is 0. The zero-order valence-corrected chi connectivity index (χ0v) is 10.3. The molecule has 1 saturated heterocycles. The molecule has 1 aliphatic heterocycles. The van der Waals surface area contributed by atoms with Gasteiger partial charge in [0.25, 0.3) is 0 Å². The molecule has 2 aliphatic rings. The number of terminal acetylenes is 1. The highest BCUT2D eigenvalue weighted by atomic mass is 15.1. The zero-order chi connectivity index (χ0) is 11.2. The van der Waals surface area contributed by atoms with Crippen LogP contribution in [0.5, 0.6) is 0 Å². The first kappa shape index (κ1) is 12.0. The maximum absolute atomic E-state index is 5.21. The highest BCUT2D eigenvalue weighted by molar-refractivity contribution is 4.87. The molecule has 0 aromatic rings. The van der Waals surface area contributed by atoms with Crippen LogP contribution in [-0.4, -0.2) is 37.6 Å². The summed E-state index contributed by atoms with van der Waals surface area (Å²) in [6.07, 6.45) is 12.5. The van der Waals surface area contributed by atoms with Crippen molar-refractivity contribution >= 4 is 0 Å². The molecule has 16 heavy (non-hydrogen) atoms. The van der Waals surface area contributed by atoms with E-state index in [2.05, 4.69) is 16.1 Å². The first-order valence-electron chi connectivity index (χ1n) is 6.76. The van der Waals surface area contributed by atoms with Gasteiger partial charge in [0.1, 0.15) is 0 Å². The summed E-state index contributed by atoms with van der Waals surface area (Å²) in [7, 11) is 0. The van der Waals surface area contributed by atoms with E-state index in [1.807, 2.05) is 0 Å². The monoisotopic (exact) mass is 220 g/mol. The predicted octanol–water partition coefficient (Wildman–Crippen LogP) is 1.72. The van der Waals surface area contributed by atoms with E-state index in [4.69, 9.17) is 6.42 Å². The molecular formula is C14H24N2. The Hall–Kier alpha value is -0.520. The number of likely N-dealkylation sites (tertiary alicyclic amines) is 1. The maximum Gasteiger partial charge on any atom is 0.0574 e. The zero-order valence-electron chi connectivity index (χ0n) is 10.3. The van der Waals surface area contributed by atoms with Crippen molar-refractivity contribution in [2.75, 3.05) is 32.7 Å². The summed E-state index contributed by atoms with van der Waals surface area (Å²) in [6.45, 7) is 5.56. The van der Waals surface area contributed by atoms with Gasteiger partial charge in [0.05, 0.1) is 6.54 Å². The van der Waals surface area contributed by atoms with Crippen molar-refractivity contribution < 1.29 is 0 Å². The molecule has 1 saturated carbocycles. The van der Waals surface area contributed by atoms with Crippen molar-refractivity contribution in [3.8, 4) is 12.3 Å². The first-order valence-corrected chi connectivity index (χ1v) is 6.76. The summed E-state index contributed by atoms with van der Waals surface area (Å²) >= 11 is 0. The van der Waals surface area contributed by atoms with Crippen LogP contribution in [-0.2, 0) is 0 Å². The SMILES string of the molecule is C#CCNCCN1CCC2CCCCC2C1. The molecule has 1 aliphatic carbocycles. The van der Waals surface area contributed by atoms with Crippen molar-refractivity contribution in [2.24, 2.45) is 11.8 Å². The molecule has 0 spiro atoms. The van der Waals surface area contributed by atoms with E-state index in [1.54, 1.807) is 0 Å². The molecule has 0 radical (unpaired) electrons. The van der Waals surface area contributed by atoms with Crippen molar-refractivity contribution in [1.82, 2.24) is 10.2 Å². The van der Waals surface area contributed by atoms with E-state index in [0.717, 1.165) is 18.4 Å². The Morgan fingerprint density at radius 1 is 1.19 bits per heavy atom. The number of nitrogens with one attached hydrogen (secondary N) is 1. The van der Waals surface area contributed by atoms with Crippen LogP contribution in [0.15, 0.2) is 0 Å². The average Bonchev–Trinajstić information content (AvgIpc) is 2.34. The fourth-order valence-corrected chi connectivity index (χ4v) is 3.28. The number of nitrogens with zero attached hydrogens (tertiary/aromatic N) is 1. The van der Waals surface area contributed by atoms with E-state index >= 15 is 0 Å². The lowest BCUT2D eigenvalue weighted by atomic mass is 9.75. The second kappa shape index (κ2) is 6.27. The second-order valence-corrected chi connectivity index (χ2v) is 5.27. The molecular weight excluding hydrogens is 196 g/mol. The molecule has 2 rings (SSSR count). The van der Waals surface area contributed by atoms with Crippen LogP contribution in [0.1, 0.15) is 32.1 Å². The molecule has 0 aromatic carbocycles. The van der Waals surface area contributed by atoms with Gasteiger partial charge in [-0.2, -0.15) is 0 Å². The van der Waals surface area contributed by atoms with Gasteiger partial charge in [0, 0.05) is 19.6 Å². The smallest absolute Gasteiger partial charge is 0.0574 e. The average molecular weight is 220 g/mol. The lowest BCUT2D eigenvalue weighted by Crippen LogP contribution is -2.44. The lowest BCUT2D eigenvalue weighted by Gasteiger charge is -2.41.